The molecule has 3 aliphatic heterocycles. The number of carbonyl (C=O) groups excluding carboxylic acids is 4. The van der Waals surface area contributed by atoms with Crippen LogP contribution in [-0.2, 0) is 41.6 Å². The number of aliphatic hydroxyl groups is 2. The molecule has 2 amide bonds. The first-order valence-corrected chi connectivity index (χ1v) is 25.8. The molecule has 22 nitrogen and oxygen atoms in total. The Balaban J connectivity index is 1.16. The molecule has 1 saturated heterocycles. The van der Waals surface area contributed by atoms with Gasteiger partial charge in [-0.15, -0.1) is 0 Å². The number of aliphatic hydroxyl groups excluding tert-OH is 2. The van der Waals surface area contributed by atoms with Crippen LogP contribution in [0.2, 0.25) is 0 Å². The van der Waals surface area contributed by atoms with Gasteiger partial charge in [0.1, 0.15) is 52.7 Å². The van der Waals surface area contributed by atoms with E-state index in [1.54, 1.807) is 79.8 Å². The number of allylic oxidation sites excluding steroid dienone is 2. The molecule has 0 spiro atoms. The molecule has 77 heavy (non-hydrogen) atoms. The number of pyridine rings is 1. The van der Waals surface area contributed by atoms with Gasteiger partial charge in [-0.1, -0.05) is 52.0 Å². The number of esters is 1. The van der Waals surface area contributed by atoms with E-state index in [1.165, 1.54) is 52.5 Å². The number of aromatic hydroxyl groups is 2. The second kappa shape index (κ2) is 22.3. The van der Waals surface area contributed by atoms with Gasteiger partial charge in [0.25, 0.3) is 11.7 Å². The molecule has 0 radical (unpaired) electrons. The second-order valence-electron chi connectivity index (χ2n) is 20.7. The van der Waals surface area contributed by atoms with Crippen LogP contribution in [0, 0.1) is 47.6 Å². The Kier molecular flexibility index (Phi) is 16.2. The lowest BCUT2D eigenvalue weighted by atomic mass is 9.78. The summed E-state index contributed by atoms with van der Waals surface area (Å²) in [4.78, 5) is 79.3. The van der Waals surface area contributed by atoms with Crippen LogP contribution in [0.3, 0.4) is 0 Å². The number of carbonyl (C=O) groups is 4. The molecule has 5 N–H and O–H groups in total. The number of piperazine rings is 1. The predicted octanol–water partition coefficient (Wildman–Crippen LogP) is 6.04. The van der Waals surface area contributed by atoms with Crippen molar-refractivity contribution < 1.29 is 63.5 Å². The van der Waals surface area contributed by atoms with E-state index in [-0.39, 0.29) is 68.1 Å². The number of aryl methyl sites for hydroxylation is 2. The smallest absolute Gasteiger partial charge is 0.342 e. The van der Waals surface area contributed by atoms with Crippen molar-refractivity contribution in [1.29, 1.82) is 0 Å². The zero-order valence-electron chi connectivity index (χ0n) is 45.0. The predicted molar refractivity (Wildman–Crippen MR) is 283 cm³/mol. The number of anilines is 1. The van der Waals surface area contributed by atoms with Gasteiger partial charge in [-0.2, -0.15) is 0 Å². The van der Waals surface area contributed by atoms with E-state index in [0.717, 1.165) is 0 Å². The van der Waals surface area contributed by atoms with Crippen LogP contribution in [0.25, 0.3) is 27.5 Å². The maximum Gasteiger partial charge on any atom is 0.342 e. The van der Waals surface area contributed by atoms with Crippen LogP contribution in [0.5, 0.6) is 17.2 Å². The molecule has 22 heteroatoms. The van der Waals surface area contributed by atoms with Crippen LogP contribution in [-0.4, -0.2) is 148 Å². The van der Waals surface area contributed by atoms with Crippen molar-refractivity contribution in [3.8, 4) is 17.2 Å². The van der Waals surface area contributed by atoms with Crippen molar-refractivity contribution in [3.63, 3.8) is 0 Å². The third-order valence-electron chi connectivity index (χ3n) is 15.6. The molecule has 3 aromatic heterocycles. The number of rotatable bonds is 9. The maximum absolute atomic E-state index is 14.9. The van der Waals surface area contributed by atoms with Crippen LogP contribution in [0.4, 0.5) is 11.5 Å². The number of amides is 2. The van der Waals surface area contributed by atoms with E-state index in [1.807, 2.05) is 6.07 Å². The normalized spacial score (nSPS) is 27.3. The van der Waals surface area contributed by atoms with Gasteiger partial charge in [0.15, 0.2) is 11.6 Å². The Hall–Kier alpha value is -7.40. The van der Waals surface area contributed by atoms with Crippen molar-refractivity contribution in [2.45, 2.75) is 112 Å². The minimum absolute atomic E-state index is 0.0273. The molecule has 1 fully saturated rings. The molecule has 9 atom stereocenters. The zero-order chi connectivity index (χ0) is 55.9. The fraction of sp³-hybridized carbons (Fsp3) is 0.491. The Bertz CT molecular complexity index is 3240. The summed E-state index contributed by atoms with van der Waals surface area (Å²) in [5, 5.41) is 61.7. The third-order valence-corrected chi connectivity index (χ3v) is 15.6. The number of phenols is 2. The summed E-state index contributed by atoms with van der Waals surface area (Å²) >= 11 is 0. The lowest BCUT2D eigenvalue weighted by Gasteiger charge is -2.38. The van der Waals surface area contributed by atoms with Gasteiger partial charge >= 0.3 is 17.6 Å². The van der Waals surface area contributed by atoms with Crippen LogP contribution in [0.15, 0.2) is 60.7 Å². The van der Waals surface area contributed by atoms with Crippen molar-refractivity contribution in [3.05, 3.63) is 93.3 Å². The molecule has 5 aromatic rings. The standard InChI is InChI=1S/C55H68N8O14/c1-28-12-11-13-29(2)54(71)58-45-46-44(57-38-16-14-36(27-62(38)46)15-17-40(65)60-22-19-59(20-23-60)21-24-61-34(7)56-26-39(61)63(72)73)41-42(50(45)69)49(68)33(6)52-43(41)53(70)55(9,77-52)75-25-18-37(74-10)30(3)51(76-35(8)64)32(5)48(67)31(4)47(28)66/h11-14,16,18,25-28,30-32,37,47-48,51,66-69H,15,17,19-24H2,1-10H3,(H,58,71)/b12-11+,25-18+,29-13-/t28-,30+,31+,32+,37-,47-,48+,51+,55-/m0/s1. The van der Waals surface area contributed by atoms with E-state index in [2.05, 4.69) is 15.2 Å². The molecule has 0 aliphatic carbocycles. The van der Waals surface area contributed by atoms with Crippen LogP contribution in [0.1, 0.15) is 82.2 Å². The highest BCUT2D eigenvalue weighted by molar-refractivity contribution is 6.28. The molecular formula is C55H68N8O14. The molecule has 2 aromatic carbocycles. The van der Waals surface area contributed by atoms with Gasteiger partial charge in [0.05, 0.1) is 35.5 Å². The monoisotopic (exact) mass is 1060 g/mol. The number of hydrogen-bond donors (Lipinski definition) is 5. The Labute approximate surface area is 444 Å². The average Bonchev–Trinajstić information content (AvgIpc) is 4.30. The number of fused-ring (bicyclic) bond motifs is 2. The third kappa shape index (κ3) is 10.7. The first kappa shape index (κ1) is 55.8. The molecule has 0 saturated carbocycles. The Morgan fingerprint density at radius 2 is 1.68 bits per heavy atom. The number of imidazole rings is 2. The zero-order valence-corrected chi connectivity index (χ0v) is 45.0. The van der Waals surface area contributed by atoms with E-state index in [0.29, 0.717) is 62.7 Å². The van der Waals surface area contributed by atoms with E-state index in [4.69, 9.17) is 23.9 Å². The van der Waals surface area contributed by atoms with Crippen molar-refractivity contribution in [1.82, 2.24) is 28.7 Å². The minimum atomic E-state index is -2.04. The fourth-order valence-corrected chi connectivity index (χ4v) is 10.9. The van der Waals surface area contributed by atoms with Crippen molar-refractivity contribution in [2.24, 2.45) is 23.7 Å². The summed E-state index contributed by atoms with van der Waals surface area (Å²) in [6.45, 7) is 17.4. The van der Waals surface area contributed by atoms with Crippen molar-refractivity contribution >= 4 is 62.5 Å². The summed E-state index contributed by atoms with van der Waals surface area (Å²) in [5.74, 6) is -7.16. The number of nitrogens with one attached hydrogen (secondary N) is 1. The van der Waals surface area contributed by atoms with Crippen molar-refractivity contribution in [2.75, 3.05) is 45.2 Å². The number of methoxy groups -OCH3 is 1. The topological polar surface area (TPSA) is 283 Å². The average molecular weight is 1070 g/mol. The van der Waals surface area contributed by atoms with Gasteiger partial charge in [-0.3, -0.25) is 28.5 Å². The number of nitrogens with zero attached hydrogens (tertiary/aromatic N) is 7. The first-order valence-electron chi connectivity index (χ1n) is 25.8. The largest absolute Gasteiger partial charge is 0.507 e. The van der Waals surface area contributed by atoms with E-state index >= 15 is 0 Å². The van der Waals surface area contributed by atoms with Gasteiger partial charge < -0.3 is 59.7 Å². The Morgan fingerprint density at radius 1 is 0.961 bits per heavy atom. The lowest BCUT2D eigenvalue weighted by molar-refractivity contribution is -0.392. The molecule has 0 unspecified atom stereocenters. The Morgan fingerprint density at radius 3 is 2.35 bits per heavy atom. The van der Waals surface area contributed by atoms with Crippen LogP contribution < -0.4 is 10.1 Å². The summed E-state index contributed by atoms with van der Waals surface area (Å²) in [6.07, 6.45) is 7.03. The molecule has 3 aliphatic rings. The minimum Gasteiger partial charge on any atom is -0.507 e. The number of benzene rings is 2. The first-order chi connectivity index (χ1) is 36.5. The number of nitro groups is 1. The number of ether oxygens (including phenoxy) is 4. The highest BCUT2D eigenvalue weighted by atomic mass is 16.7. The summed E-state index contributed by atoms with van der Waals surface area (Å²) < 4.78 is 27.3. The summed E-state index contributed by atoms with van der Waals surface area (Å²) in [7, 11) is 1.44. The summed E-state index contributed by atoms with van der Waals surface area (Å²) in [5.41, 5.74) is 1.43. The molecule has 4 bridgehead atoms. The van der Waals surface area contributed by atoms with E-state index < -0.39 is 88.0 Å². The number of Topliss-reactive ketones (excluding diaryl/α,β-unsaturated/α-hetero) is 1. The van der Waals surface area contributed by atoms with Gasteiger partial charge in [-0.25, -0.2) is 14.5 Å². The van der Waals surface area contributed by atoms with Gasteiger partial charge in [0.2, 0.25) is 5.91 Å². The maximum atomic E-state index is 14.9. The molecule has 412 valence electrons. The van der Waals surface area contributed by atoms with E-state index in [9.17, 15) is 49.7 Å². The second-order valence-corrected chi connectivity index (χ2v) is 20.7. The SMILES string of the molecule is CO[C@H]1/C=C/O[C@@]2(C)Oc3c(C)c(O)c4c(O)c(c5c(nc6ccc(CCC(=O)N7CCN(CCn8c([N+](=O)[O-])cnc8C)CC7)cn65)c4c3C2=O)NC(=O)/C(C)=C\C=C\[C@H](C)[C@H](O)[C@@H](C)[C@@H](O)[C@@H](C)[C@H](OC(C)=O)[C@@H]1C. The number of ketones is 1. The van der Waals surface area contributed by atoms with Gasteiger partial charge in [-0.05, 0) is 42.9 Å². The highest BCUT2D eigenvalue weighted by Gasteiger charge is 2.50. The quantitative estimate of drug-likeness (QED) is 0.0487. The molecular weight excluding hydrogens is 997 g/mol. The fourth-order valence-electron chi connectivity index (χ4n) is 10.9. The molecule has 6 heterocycles. The highest BCUT2D eigenvalue weighted by Crippen LogP contribution is 2.54. The number of hydrogen-bond acceptors (Lipinski definition) is 17. The van der Waals surface area contributed by atoms with Crippen LogP contribution >= 0.6 is 0 Å². The number of phenolic OH excluding ortho intramolecular Hbond substituents is 2. The number of aromatic nitrogens is 4. The summed E-state index contributed by atoms with van der Waals surface area (Å²) in [6, 6.07) is 3.52. The van der Waals surface area contributed by atoms with Gasteiger partial charge in [0, 0.05) is 113 Å². The molecule has 8 rings (SSSR count). The lowest BCUT2D eigenvalue weighted by Crippen LogP contribution is -2.49.